The third kappa shape index (κ3) is 3.32. The van der Waals surface area contributed by atoms with Crippen molar-refractivity contribution in [2.45, 2.75) is 26.3 Å². The van der Waals surface area contributed by atoms with Crippen molar-refractivity contribution < 1.29 is 0 Å². The molecule has 118 valence electrons. The highest BCUT2D eigenvalue weighted by Gasteiger charge is 2.12. The summed E-state index contributed by atoms with van der Waals surface area (Å²) in [4.78, 5) is 8.91. The molecule has 0 aliphatic heterocycles. The number of hydrogen-bond donors (Lipinski definition) is 2. The van der Waals surface area contributed by atoms with Crippen LogP contribution in [0.25, 0.3) is 22.0 Å². The summed E-state index contributed by atoms with van der Waals surface area (Å²) in [6, 6.07) is 14.0. The van der Waals surface area contributed by atoms with Crippen LogP contribution in [0, 0.1) is 5.92 Å². The predicted molar refractivity (Wildman–Crippen MR) is 95.8 cm³/mol. The Morgan fingerprint density at radius 1 is 1.09 bits per heavy atom. The number of nitrogen functional groups attached to an aromatic ring is 1. The maximum atomic E-state index is 6.31. The Balaban J connectivity index is 2.12. The summed E-state index contributed by atoms with van der Waals surface area (Å²) >= 11 is 0. The zero-order chi connectivity index (χ0) is 16.4. The van der Waals surface area contributed by atoms with Gasteiger partial charge in [0.25, 0.3) is 0 Å². The van der Waals surface area contributed by atoms with Gasteiger partial charge in [0.15, 0.2) is 0 Å². The zero-order valence-corrected chi connectivity index (χ0v) is 13.5. The van der Waals surface area contributed by atoms with Crippen molar-refractivity contribution in [3.63, 3.8) is 0 Å². The molecule has 2 heterocycles. The lowest BCUT2D eigenvalue weighted by Gasteiger charge is -2.15. The van der Waals surface area contributed by atoms with Crippen LogP contribution in [0.1, 0.15) is 32.0 Å². The van der Waals surface area contributed by atoms with Gasteiger partial charge in [-0.3, -0.25) is 4.98 Å². The molecular weight excluding hydrogens is 284 g/mol. The van der Waals surface area contributed by atoms with Crippen LogP contribution in [0.5, 0.6) is 0 Å². The molecule has 0 saturated heterocycles. The van der Waals surface area contributed by atoms with Gasteiger partial charge in [0.2, 0.25) is 0 Å². The first-order chi connectivity index (χ1) is 11.0. The van der Waals surface area contributed by atoms with Gasteiger partial charge in [0.1, 0.15) is 5.82 Å². The number of para-hydroxylation sites is 1. The van der Waals surface area contributed by atoms with Crippen LogP contribution in [0.2, 0.25) is 0 Å². The van der Waals surface area contributed by atoms with Gasteiger partial charge in [0.05, 0.1) is 11.2 Å². The first kappa shape index (κ1) is 15.4. The lowest BCUT2D eigenvalue weighted by Crippen LogP contribution is -2.14. The van der Waals surface area contributed by atoms with E-state index in [0.29, 0.717) is 11.7 Å². The second-order valence-electron chi connectivity index (χ2n) is 6.32. The van der Waals surface area contributed by atoms with E-state index in [4.69, 9.17) is 16.5 Å². The maximum absolute atomic E-state index is 6.31. The summed E-state index contributed by atoms with van der Waals surface area (Å²) in [6.45, 7) is 4.35. The van der Waals surface area contributed by atoms with Gasteiger partial charge in [-0.05, 0) is 36.1 Å². The Hall–Kier alpha value is -2.46. The second-order valence-corrected chi connectivity index (χ2v) is 6.32. The molecule has 0 aliphatic carbocycles. The number of rotatable bonds is 4. The minimum atomic E-state index is -0.0463. The third-order valence-corrected chi connectivity index (χ3v) is 3.94. The van der Waals surface area contributed by atoms with Crippen LogP contribution in [-0.2, 0) is 0 Å². The predicted octanol–water partition coefficient (Wildman–Crippen LogP) is 3.92. The molecule has 1 aromatic carbocycles. The molecule has 1 unspecified atom stereocenters. The van der Waals surface area contributed by atoms with Crippen molar-refractivity contribution in [3.05, 3.63) is 54.4 Å². The van der Waals surface area contributed by atoms with Crippen molar-refractivity contribution >= 4 is 16.7 Å². The summed E-state index contributed by atoms with van der Waals surface area (Å²) in [6.07, 6.45) is 2.64. The monoisotopic (exact) mass is 306 g/mol. The van der Waals surface area contributed by atoms with Crippen LogP contribution in [-0.4, -0.2) is 9.97 Å². The first-order valence-corrected chi connectivity index (χ1v) is 7.91. The largest absolute Gasteiger partial charge is 0.384 e. The standard InChI is InChI=1S/C19H22N4/c1-12(2)10-16(20)17-7-6-13-4-3-5-15(19(13)23-17)14-8-9-22-18(21)11-14/h3-9,11-12,16H,10,20H2,1-2H3,(H2,21,22). The van der Waals surface area contributed by atoms with Crippen molar-refractivity contribution in [1.29, 1.82) is 0 Å². The van der Waals surface area contributed by atoms with E-state index < -0.39 is 0 Å². The number of fused-ring (bicyclic) bond motifs is 1. The Morgan fingerprint density at radius 2 is 1.91 bits per heavy atom. The smallest absolute Gasteiger partial charge is 0.123 e. The van der Waals surface area contributed by atoms with Crippen LogP contribution < -0.4 is 11.5 Å². The normalized spacial score (nSPS) is 12.7. The molecule has 0 amide bonds. The van der Waals surface area contributed by atoms with E-state index in [9.17, 15) is 0 Å². The highest BCUT2D eigenvalue weighted by atomic mass is 14.8. The topological polar surface area (TPSA) is 77.8 Å². The molecule has 4 nitrogen and oxygen atoms in total. The summed E-state index contributed by atoms with van der Waals surface area (Å²) < 4.78 is 0. The fraction of sp³-hybridized carbons (Fsp3) is 0.263. The van der Waals surface area contributed by atoms with Gasteiger partial charge in [0, 0.05) is 23.2 Å². The zero-order valence-electron chi connectivity index (χ0n) is 13.5. The van der Waals surface area contributed by atoms with Gasteiger partial charge < -0.3 is 11.5 Å². The van der Waals surface area contributed by atoms with Crippen LogP contribution in [0.15, 0.2) is 48.7 Å². The number of nitrogens with two attached hydrogens (primary N) is 2. The Bertz CT molecular complexity index is 826. The van der Waals surface area contributed by atoms with Gasteiger partial charge in [-0.25, -0.2) is 4.98 Å². The SMILES string of the molecule is CC(C)CC(N)c1ccc2cccc(-c3ccnc(N)c3)c2n1. The molecular formula is C19H22N4. The summed E-state index contributed by atoms with van der Waals surface area (Å²) in [5, 5.41) is 1.10. The third-order valence-electron chi connectivity index (χ3n) is 3.94. The maximum Gasteiger partial charge on any atom is 0.123 e. The molecule has 0 bridgehead atoms. The van der Waals surface area contributed by atoms with E-state index in [1.165, 1.54) is 0 Å². The number of nitrogens with zero attached hydrogens (tertiary/aromatic N) is 2. The molecule has 3 rings (SSSR count). The summed E-state index contributed by atoms with van der Waals surface area (Å²) in [5.41, 5.74) is 16.1. The molecule has 23 heavy (non-hydrogen) atoms. The molecule has 0 aliphatic rings. The fourth-order valence-corrected chi connectivity index (χ4v) is 2.85. The van der Waals surface area contributed by atoms with E-state index >= 15 is 0 Å². The number of anilines is 1. The minimum Gasteiger partial charge on any atom is -0.384 e. The van der Waals surface area contributed by atoms with Crippen molar-refractivity contribution in [1.82, 2.24) is 9.97 Å². The lowest BCUT2D eigenvalue weighted by atomic mass is 9.99. The van der Waals surface area contributed by atoms with Crippen LogP contribution in [0.3, 0.4) is 0 Å². The van der Waals surface area contributed by atoms with Crippen LogP contribution >= 0.6 is 0 Å². The molecule has 0 fully saturated rings. The molecule has 2 aromatic heterocycles. The van der Waals surface area contributed by atoms with Gasteiger partial charge in [-0.1, -0.05) is 38.1 Å². The highest BCUT2D eigenvalue weighted by molar-refractivity contribution is 5.94. The quantitative estimate of drug-likeness (QED) is 0.765. The lowest BCUT2D eigenvalue weighted by molar-refractivity contribution is 0.503. The molecule has 4 N–H and O–H groups in total. The van der Waals surface area contributed by atoms with Gasteiger partial charge in [-0.15, -0.1) is 0 Å². The second kappa shape index (κ2) is 6.34. The minimum absolute atomic E-state index is 0.0463. The van der Waals surface area contributed by atoms with E-state index in [2.05, 4.69) is 37.0 Å². The number of benzene rings is 1. The highest BCUT2D eigenvalue weighted by Crippen LogP contribution is 2.29. The average molecular weight is 306 g/mol. The summed E-state index contributed by atoms with van der Waals surface area (Å²) in [5.74, 6) is 1.05. The molecule has 4 heteroatoms. The number of hydrogen-bond acceptors (Lipinski definition) is 4. The Labute approximate surface area is 136 Å². The van der Waals surface area contributed by atoms with Crippen LogP contribution in [0.4, 0.5) is 5.82 Å². The van der Waals surface area contributed by atoms with E-state index in [-0.39, 0.29) is 6.04 Å². The van der Waals surface area contributed by atoms with Gasteiger partial charge in [-0.2, -0.15) is 0 Å². The Kier molecular flexibility index (Phi) is 4.26. The average Bonchev–Trinajstić information content (AvgIpc) is 2.53. The Morgan fingerprint density at radius 3 is 2.65 bits per heavy atom. The molecule has 0 radical (unpaired) electrons. The fourth-order valence-electron chi connectivity index (χ4n) is 2.85. The van der Waals surface area contributed by atoms with Crippen molar-refractivity contribution in [2.24, 2.45) is 11.7 Å². The van der Waals surface area contributed by atoms with E-state index in [0.717, 1.165) is 34.1 Å². The van der Waals surface area contributed by atoms with Crippen molar-refractivity contribution in [3.8, 4) is 11.1 Å². The molecule has 1 atom stereocenters. The molecule has 3 aromatic rings. The van der Waals surface area contributed by atoms with E-state index in [1.54, 1.807) is 6.20 Å². The number of pyridine rings is 2. The molecule has 0 saturated carbocycles. The summed E-state index contributed by atoms with van der Waals surface area (Å²) in [7, 11) is 0. The number of aromatic nitrogens is 2. The van der Waals surface area contributed by atoms with Crippen molar-refractivity contribution in [2.75, 3.05) is 5.73 Å². The first-order valence-electron chi connectivity index (χ1n) is 7.91. The van der Waals surface area contributed by atoms with E-state index in [1.807, 2.05) is 24.3 Å². The van der Waals surface area contributed by atoms with Gasteiger partial charge >= 0.3 is 0 Å². The molecule has 0 spiro atoms.